The van der Waals surface area contributed by atoms with Gasteiger partial charge in [0.15, 0.2) is 20.4 Å². The number of nitrogens with one attached hydrogen (secondary N) is 1. The molecule has 0 spiro atoms. The van der Waals surface area contributed by atoms with E-state index in [1.165, 1.54) is 0 Å². The summed E-state index contributed by atoms with van der Waals surface area (Å²) < 4.78 is 44.7. The molecule has 0 bridgehead atoms. The minimum atomic E-state index is -2.63. The zero-order valence-electron chi connectivity index (χ0n) is 44.1. The van der Waals surface area contributed by atoms with Gasteiger partial charge in [0.1, 0.15) is 19.0 Å². The Morgan fingerprint density at radius 3 is 1.86 bits per heavy atom. The molecule has 0 saturated heterocycles. The van der Waals surface area contributed by atoms with Gasteiger partial charge in [0.05, 0.1) is 24.7 Å². The van der Waals surface area contributed by atoms with Gasteiger partial charge in [-0.2, -0.15) is 0 Å². The summed E-state index contributed by atoms with van der Waals surface area (Å²) in [4.78, 5) is 43.4. The molecule has 0 aliphatic rings. The van der Waals surface area contributed by atoms with Crippen molar-refractivity contribution in [1.82, 2.24) is 10.2 Å². The Morgan fingerprint density at radius 1 is 0.797 bits per heavy atom. The molecule has 0 aromatic heterocycles. The molecule has 0 aliphatic heterocycles. The highest BCUT2D eigenvalue weighted by Crippen LogP contribution is 2.44. The third-order valence-electron chi connectivity index (χ3n) is 12.5. The van der Waals surface area contributed by atoms with Crippen LogP contribution in [-0.2, 0) is 43.9 Å². The van der Waals surface area contributed by atoms with Crippen LogP contribution in [0.2, 0.25) is 34.8 Å². The number of hydrogen-bond donors (Lipinski definition) is 1. The first-order valence-electron chi connectivity index (χ1n) is 24.0. The predicted molar refractivity (Wildman–Crippen MR) is 264 cm³/mol. The van der Waals surface area contributed by atoms with E-state index in [1.54, 1.807) is 12.0 Å². The number of alkyl carbamates (subject to hydrolysis) is 1. The minimum absolute atomic E-state index is 0.0273. The van der Waals surface area contributed by atoms with Crippen LogP contribution in [0.15, 0.2) is 30.3 Å². The van der Waals surface area contributed by atoms with Crippen molar-refractivity contribution in [1.29, 1.82) is 0 Å². The van der Waals surface area contributed by atoms with Gasteiger partial charge >= 0.3 is 12.2 Å². The number of carbonyl (C=O) groups excluding carboxylic acids is 3. The van der Waals surface area contributed by atoms with Gasteiger partial charge in [-0.25, -0.2) is 9.59 Å². The van der Waals surface area contributed by atoms with Gasteiger partial charge in [-0.3, -0.25) is 9.69 Å². The fourth-order valence-electron chi connectivity index (χ4n) is 8.17. The maximum absolute atomic E-state index is 15.2. The second-order valence-electron chi connectivity index (χ2n) is 22.0. The Labute approximate surface area is 392 Å². The van der Waals surface area contributed by atoms with Crippen LogP contribution in [0.3, 0.4) is 0 Å². The highest BCUT2D eigenvalue weighted by atomic mass is 28.4. The van der Waals surface area contributed by atoms with Gasteiger partial charge in [-0.05, 0) is 92.2 Å². The lowest BCUT2D eigenvalue weighted by molar-refractivity contribution is -0.211. The topological polar surface area (TPSA) is 131 Å². The molecule has 1 aromatic carbocycles. The van der Waals surface area contributed by atoms with Crippen LogP contribution in [0.25, 0.3) is 0 Å². The van der Waals surface area contributed by atoms with Gasteiger partial charge in [0.2, 0.25) is 8.32 Å². The predicted octanol–water partition coefficient (Wildman–Crippen LogP) is 12.5. The van der Waals surface area contributed by atoms with Crippen LogP contribution in [0.1, 0.15) is 149 Å². The Hall–Kier alpha value is -2.34. The van der Waals surface area contributed by atoms with E-state index in [-0.39, 0.29) is 71.6 Å². The Balaban J connectivity index is 3.67. The van der Waals surface area contributed by atoms with E-state index >= 15 is 4.79 Å². The summed E-state index contributed by atoms with van der Waals surface area (Å²) in [6, 6.07) is 8.69. The first-order valence-corrected chi connectivity index (χ1v) is 29.1. The van der Waals surface area contributed by atoms with Crippen LogP contribution < -0.4 is 5.32 Å². The molecule has 1 rings (SSSR count). The zero-order chi connectivity index (χ0) is 49.2. The molecule has 1 N–H and O–H groups in total. The van der Waals surface area contributed by atoms with Gasteiger partial charge < -0.3 is 37.9 Å². The van der Waals surface area contributed by atoms with Crippen molar-refractivity contribution in [3.05, 3.63) is 35.9 Å². The number of methoxy groups -OCH3 is 1. The third-order valence-corrected chi connectivity index (χ3v) is 23.1. The Kier molecular flexibility index (Phi) is 25.6. The number of hydrogen-bond acceptors (Lipinski definition) is 10. The summed E-state index contributed by atoms with van der Waals surface area (Å²) in [6.07, 6.45) is -1.48. The molecule has 2 amide bonds. The SMILES string of the molecule is COCO[C@@H]([C@H](C)CO[Si](C)(C)C(C)(C)C)[C@@H](O[C@@H](CC(=O)[C@@H](CC(C)C)N(CCCCNC(=O)OCc1ccccc1)C(=O)OC(C)(C)C)O[Si](C(C)C)(C(C)C)C(C)C)C(C)C. The number of benzene rings is 1. The number of nitrogens with zero attached hydrogens (tertiary/aromatic N) is 1. The standard InChI is InChI=1S/C50H94N2O10Si2/c1-35(2)30-42(52(48(55)61-49(12,13)14)29-25-24-28-51-47(54)57-33-41-26-22-21-23-27-41)43(53)31-44(62-64(37(5)6,38(7)8)39(9)10)60-45(36(3)4)46(58-34-56-18)40(11)32-59-63(19,20)50(15,16)17/h21-23,26-27,35-40,42,44-46H,24-25,28-34H2,1-20H3,(H,51,54)/t40-,42-,44-,45+,46+/m1/s1. The molecule has 372 valence electrons. The van der Waals surface area contributed by atoms with Crippen molar-refractivity contribution in [3.8, 4) is 0 Å². The maximum Gasteiger partial charge on any atom is 0.410 e. The van der Waals surface area contributed by atoms with Gasteiger partial charge in [-0.1, -0.05) is 127 Å². The van der Waals surface area contributed by atoms with Crippen LogP contribution in [0.4, 0.5) is 9.59 Å². The number of rotatable bonds is 29. The van der Waals surface area contributed by atoms with Crippen LogP contribution in [0, 0.1) is 17.8 Å². The van der Waals surface area contributed by atoms with E-state index in [9.17, 15) is 9.59 Å². The van der Waals surface area contributed by atoms with E-state index in [4.69, 9.17) is 32.5 Å². The number of ether oxygens (including phenoxy) is 5. The van der Waals surface area contributed by atoms with E-state index < -0.39 is 59.0 Å². The second kappa shape index (κ2) is 27.5. The number of Topliss-reactive ketones (excluding diaryl/α,β-unsaturated/α-hetero) is 1. The molecule has 0 saturated carbocycles. The average Bonchev–Trinajstić information content (AvgIpc) is 3.17. The van der Waals surface area contributed by atoms with Crippen molar-refractivity contribution in [2.24, 2.45) is 17.8 Å². The minimum Gasteiger partial charge on any atom is -0.445 e. The molecule has 5 atom stereocenters. The molecule has 0 fully saturated rings. The number of ketones is 1. The summed E-state index contributed by atoms with van der Waals surface area (Å²) in [5, 5.41) is 2.85. The molecule has 0 unspecified atom stereocenters. The summed E-state index contributed by atoms with van der Waals surface area (Å²) in [5.74, 6) is -0.183. The highest BCUT2D eigenvalue weighted by Gasteiger charge is 2.49. The lowest BCUT2D eigenvalue weighted by atomic mass is 9.92. The Bertz CT molecular complexity index is 1470. The van der Waals surface area contributed by atoms with E-state index in [1.807, 2.05) is 51.1 Å². The number of carbonyl (C=O) groups is 3. The van der Waals surface area contributed by atoms with E-state index in [0.717, 1.165) is 5.56 Å². The molecular weight excluding hydrogens is 845 g/mol. The number of unbranched alkanes of at least 4 members (excludes halogenated alkanes) is 1. The van der Waals surface area contributed by atoms with Crippen molar-refractivity contribution >= 4 is 34.6 Å². The molecule has 0 aliphatic carbocycles. The van der Waals surface area contributed by atoms with Gasteiger partial charge in [-0.15, -0.1) is 0 Å². The van der Waals surface area contributed by atoms with Gasteiger partial charge in [0.25, 0.3) is 0 Å². The lowest BCUT2D eigenvalue weighted by Crippen LogP contribution is -2.54. The average molecular weight is 939 g/mol. The first-order chi connectivity index (χ1) is 29.5. The molecule has 0 radical (unpaired) electrons. The van der Waals surface area contributed by atoms with Crippen LogP contribution in [0.5, 0.6) is 0 Å². The van der Waals surface area contributed by atoms with Crippen LogP contribution in [-0.4, -0.2) is 103 Å². The van der Waals surface area contributed by atoms with E-state index in [0.29, 0.717) is 32.4 Å². The highest BCUT2D eigenvalue weighted by molar-refractivity contribution is 6.77. The fourth-order valence-corrected chi connectivity index (χ4v) is 14.7. The fraction of sp³-hybridized carbons (Fsp3) is 0.820. The molecule has 1 aromatic rings. The number of amides is 2. The van der Waals surface area contributed by atoms with E-state index in [2.05, 4.69) is 115 Å². The molecule has 12 nitrogen and oxygen atoms in total. The molecule has 64 heavy (non-hydrogen) atoms. The maximum atomic E-state index is 15.2. The normalized spacial score (nSPS) is 15.4. The molecule has 0 heterocycles. The van der Waals surface area contributed by atoms with Crippen molar-refractivity contribution in [2.75, 3.05) is 33.6 Å². The van der Waals surface area contributed by atoms with Gasteiger partial charge in [0, 0.05) is 32.7 Å². The summed E-state index contributed by atoms with van der Waals surface area (Å²) >= 11 is 0. The zero-order valence-corrected chi connectivity index (χ0v) is 46.1. The summed E-state index contributed by atoms with van der Waals surface area (Å²) in [5.41, 5.74) is 0.770. The van der Waals surface area contributed by atoms with Crippen molar-refractivity contribution < 1.29 is 46.9 Å². The monoisotopic (exact) mass is 939 g/mol. The molecular formula is C50H94N2O10Si2. The largest absolute Gasteiger partial charge is 0.445 e. The quantitative estimate of drug-likeness (QED) is 0.0470. The molecule has 14 heteroatoms. The summed E-state index contributed by atoms with van der Waals surface area (Å²) in [7, 11) is -3.11. The van der Waals surface area contributed by atoms with Crippen molar-refractivity contribution in [3.63, 3.8) is 0 Å². The second-order valence-corrected chi connectivity index (χ2v) is 32.2. The first kappa shape index (κ1) is 59.7. The van der Waals surface area contributed by atoms with Crippen molar-refractivity contribution in [2.45, 2.75) is 215 Å². The lowest BCUT2D eigenvalue weighted by Gasteiger charge is -2.46. The third kappa shape index (κ3) is 19.9. The summed E-state index contributed by atoms with van der Waals surface area (Å²) in [6.45, 7) is 41.8. The smallest absolute Gasteiger partial charge is 0.410 e. The van der Waals surface area contributed by atoms with Crippen LogP contribution >= 0.6 is 0 Å². The Morgan fingerprint density at radius 2 is 1.38 bits per heavy atom.